The second-order valence-corrected chi connectivity index (χ2v) is 9.57. The maximum Gasteiger partial charge on any atom is 0.227 e. The first-order valence-corrected chi connectivity index (χ1v) is 12.5. The largest absolute Gasteiger partial charge is 0.494 e. The Hall–Kier alpha value is -2.93. The molecule has 1 saturated carbocycles. The zero-order valence-electron chi connectivity index (χ0n) is 20.9. The number of hydrogen-bond acceptors (Lipinski definition) is 7. The molecular weight excluding hydrogens is 426 g/mol. The zero-order valence-corrected chi connectivity index (χ0v) is 20.9. The SMILES string of the molecule is Cc1cnc(Nc2cccc(OCCCCN(C)C)c2)nc1-c1c(C2CCCCC2)noc1C. The number of anilines is 2. The summed E-state index contributed by atoms with van der Waals surface area (Å²) in [4.78, 5) is 11.6. The number of hydrogen-bond donors (Lipinski definition) is 1. The molecule has 2 aromatic heterocycles. The van der Waals surface area contributed by atoms with E-state index in [9.17, 15) is 0 Å². The molecule has 1 fully saturated rings. The van der Waals surface area contributed by atoms with Gasteiger partial charge in [-0.1, -0.05) is 30.5 Å². The number of nitrogens with zero attached hydrogens (tertiary/aromatic N) is 4. The molecule has 4 rings (SSSR count). The number of unbranched alkanes of at least 4 members (excludes halogenated alkanes) is 1. The number of aryl methyl sites for hydroxylation is 2. The van der Waals surface area contributed by atoms with Crippen molar-refractivity contribution < 1.29 is 9.26 Å². The summed E-state index contributed by atoms with van der Waals surface area (Å²) in [7, 11) is 4.19. The highest BCUT2D eigenvalue weighted by atomic mass is 16.5. The molecule has 0 saturated heterocycles. The third kappa shape index (κ3) is 6.14. The highest BCUT2D eigenvalue weighted by Gasteiger charge is 2.26. The Morgan fingerprint density at radius 2 is 1.94 bits per heavy atom. The van der Waals surface area contributed by atoms with Crippen molar-refractivity contribution in [2.75, 3.05) is 32.6 Å². The summed E-state index contributed by atoms with van der Waals surface area (Å²) in [6.45, 7) is 5.80. The third-order valence-electron chi connectivity index (χ3n) is 6.45. The van der Waals surface area contributed by atoms with Gasteiger partial charge >= 0.3 is 0 Å². The van der Waals surface area contributed by atoms with E-state index in [4.69, 9.17) is 14.2 Å². The Bertz CT molecular complexity index is 1070. The topological polar surface area (TPSA) is 76.3 Å². The highest BCUT2D eigenvalue weighted by molar-refractivity contribution is 5.69. The summed E-state index contributed by atoms with van der Waals surface area (Å²) in [5.74, 6) is 2.66. The van der Waals surface area contributed by atoms with Crippen LogP contribution in [-0.2, 0) is 0 Å². The fraction of sp³-hybridized carbons (Fsp3) is 0.519. The summed E-state index contributed by atoms with van der Waals surface area (Å²) in [5, 5.41) is 7.81. The second kappa shape index (κ2) is 11.5. The molecule has 182 valence electrons. The standard InChI is InChI=1S/C27H37N5O2/c1-19-18-28-27(29-22-13-10-14-23(17-22)33-16-9-8-15-32(3)4)30-25(19)24-20(2)34-31-26(24)21-11-6-5-7-12-21/h10,13-14,17-18,21H,5-9,11-12,15-16H2,1-4H3,(H,28,29,30). The average molecular weight is 464 g/mol. The smallest absolute Gasteiger partial charge is 0.227 e. The Morgan fingerprint density at radius 1 is 1.12 bits per heavy atom. The molecule has 0 atom stereocenters. The van der Waals surface area contributed by atoms with Crippen molar-refractivity contribution in [3.63, 3.8) is 0 Å². The summed E-state index contributed by atoms with van der Waals surface area (Å²) >= 11 is 0. The van der Waals surface area contributed by atoms with Crippen LogP contribution in [0.2, 0.25) is 0 Å². The van der Waals surface area contributed by atoms with Gasteiger partial charge in [0.2, 0.25) is 5.95 Å². The lowest BCUT2D eigenvalue weighted by molar-refractivity contribution is 0.293. The molecule has 0 unspecified atom stereocenters. The van der Waals surface area contributed by atoms with E-state index in [1.807, 2.05) is 44.3 Å². The summed E-state index contributed by atoms with van der Waals surface area (Å²) in [6.07, 6.45) is 10.2. The number of ether oxygens (including phenoxy) is 1. The summed E-state index contributed by atoms with van der Waals surface area (Å²) in [6, 6.07) is 7.96. The van der Waals surface area contributed by atoms with Gasteiger partial charge in [-0.15, -0.1) is 0 Å². The van der Waals surface area contributed by atoms with Gasteiger partial charge in [0.15, 0.2) is 0 Å². The van der Waals surface area contributed by atoms with Crippen LogP contribution in [-0.4, -0.2) is 47.3 Å². The van der Waals surface area contributed by atoms with Crippen molar-refractivity contribution in [2.24, 2.45) is 0 Å². The van der Waals surface area contributed by atoms with E-state index in [1.165, 1.54) is 19.3 Å². The molecule has 3 aromatic rings. The number of nitrogens with one attached hydrogen (secondary N) is 1. The van der Waals surface area contributed by atoms with Crippen LogP contribution in [0.1, 0.15) is 67.9 Å². The lowest BCUT2D eigenvalue weighted by atomic mass is 9.84. The quantitative estimate of drug-likeness (QED) is 0.356. The molecule has 0 spiro atoms. The molecule has 0 aliphatic heterocycles. The molecule has 34 heavy (non-hydrogen) atoms. The van der Waals surface area contributed by atoms with E-state index >= 15 is 0 Å². The minimum Gasteiger partial charge on any atom is -0.494 e. The molecule has 0 radical (unpaired) electrons. The van der Waals surface area contributed by atoms with Crippen LogP contribution in [0.15, 0.2) is 35.0 Å². The molecule has 2 heterocycles. The predicted octanol–water partition coefficient (Wildman–Crippen LogP) is 6.26. The minimum absolute atomic E-state index is 0.443. The van der Waals surface area contributed by atoms with Crippen molar-refractivity contribution in [1.29, 1.82) is 0 Å². The van der Waals surface area contributed by atoms with Crippen LogP contribution in [0.5, 0.6) is 5.75 Å². The number of rotatable bonds is 10. The van der Waals surface area contributed by atoms with Gasteiger partial charge in [0.25, 0.3) is 0 Å². The average Bonchev–Trinajstić information content (AvgIpc) is 3.22. The molecule has 1 aliphatic rings. The van der Waals surface area contributed by atoms with E-state index in [1.54, 1.807) is 0 Å². The van der Waals surface area contributed by atoms with Crippen LogP contribution in [0.25, 0.3) is 11.3 Å². The van der Waals surface area contributed by atoms with Gasteiger partial charge in [0.05, 0.1) is 23.6 Å². The molecule has 0 amide bonds. The minimum atomic E-state index is 0.443. The van der Waals surface area contributed by atoms with E-state index in [0.717, 1.165) is 71.9 Å². The first-order valence-electron chi connectivity index (χ1n) is 12.5. The molecule has 1 aromatic carbocycles. The van der Waals surface area contributed by atoms with Crippen molar-refractivity contribution in [3.05, 3.63) is 47.5 Å². The fourth-order valence-corrected chi connectivity index (χ4v) is 4.60. The van der Waals surface area contributed by atoms with Gasteiger partial charge in [-0.3, -0.25) is 0 Å². The molecule has 7 heteroatoms. The summed E-state index contributed by atoms with van der Waals surface area (Å²) < 4.78 is 11.6. The van der Waals surface area contributed by atoms with Crippen molar-refractivity contribution in [1.82, 2.24) is 20.0 Å². The zero-order chi connectivity index (χ0) is 23.9. The number of benzene rings is 1. The lowest BCUT2D eigenvalue weighted by Gasteiger charge is -2.20. The number of aromatic nitrogens is 3. The highest BCUT2D eigenvalue weighted by Crippen LogP contribution is 2.39. The molecular formula is C27H37N5O2. The van der Waals surface area contributed by atoms with Gasteiger partial charge in [0, 0.05) is 23.9 Å². The molecule has 1 aliphatic carbocycles. The predicted molar refractivity (Wildman–Crippen MR) is 136 cm³/mol. The van der Waals surface area contributed by atoms with Crippen LogP contribution in [0.4, 0.5) is 11.6 Å². The van der Waals surface area contributed by atoms with Gasteiger partial charge in [-0.05, 0) is 77.9 Å². The monoisotopic (exact) mass is 463 g/mol. The molecule has 1 N–H and O–H groups in total. The first kappa shape index (κ1) is 24.2. The van der Waals surface area contributed by atoms with Crippen LogP contribution in [0.3, 0.4) is 0 Å². The van der Waals surface area contributed by atoms with E-state index < -0.39 is 0 Å². The maximum atomic E-state index is 5.95. The van der Waals surface area contributed by atoms with Gasteiger partial charge in [0.1, 0.15) is 11.5 Å². The second-order valence-electron chi connectivity index (χ2n) is 9.57. The molecule has 7 nitrogen and oxygen atoms in total. The summed E-state index contributed by atoms with van der Waals surface area (Å²) in [5.41, 5.74) is 4.89. The van der Waals surface area contributed by atoms with Crippen LogP contribution >= 0.6 is 0 Å². The van der Waals surface area contributed by atoms with Crippen molar-refractivity contribution in [3.8, 4) is 17.0 Å². The maximum absolute atomic E-state index is 5.95. The fourth-order valence-electron chi connectivity index (χ4n) is 4.60. The Balaban J connectivity index is 1.48. The van der Waals surface area contributed by atoms with E-state index in [-0.39, 0.29) is 0 Å². The van der Waals surface area contributed by atoms with Crippen LogP contribution in [0, 0.1) is 13.8 Å². The lowest BCUT2D eigenvalue weighted by Crippen LogP contribution is -2.13. The van der Waals surface area contributed by atoms with Crippen molar-refractivity contribution >= 4 is 11.6 Å². The van der Waals surface area contributed by atoms with E-state index in [0.29, 0.717) is 18.5 Å². The van der Waals surface area contributed by atoms with Crippen molar-refractivity contribution in [2.45, 2.75) is 64.7 Å². The molecule has 0 bridgehead atoms. The Morgan fingerprint density at radius 3 is 2.74 bits per heavy atom. The van der Waals surface area contributed by atoms with Gasteiger partial charge in [-0.2, -0.15) is 0 Å². The van der Waals surface area contributed by atoms with E-state index in [2.05, 4.69) is 34.5 Å². The Labute approximate surface area is 202 Å². The first-order chi connectivity index (χ1) is 16.5. The Kier molecular flexibility index (Phi) is 8.16. The van der Waals surface area contributed by atoms with Crippen LogP contribution < -0.4 is 10.1 Å². The van der Waals surface area contributed by atoms with Gasteiger partial charge in [-0.25, -0.2) is 9.97 Å². The third-order valence-corrected chi connectivity index (χ3v) is 6.45. The normalized spacial score (nSPS) is 14.5. The van der Waals surface area contributed by atoms with Gasteiger partial charge < -0.3 is 19.5 Å².